The molecule has 0 aliphatic rings. The van der Waals surface area contributed by atoms with Crippen LogP contribution in [0.3, 0.4) is 0 Å². The van der Waals surface area contributed by atoms with Crippen molar-refractivity contribution in [1.29, 1.82) is 0 Å². The van der Waals surface area contributed by atoms with Crippen molar-refractivity contribution < 1.29 is 4.74 Å². The SMILES string of the molecule is CCC(NC)c1ccccc1OCCn1ccnc1C. The summed E-state index contributed by atoms with van der Waals surface area (Å²) >= 11 is 0. The molecule has 0 saturated carbocycles. The van der Waals surface area contributed by atoms with E-state index in [-0.39, 0.29) is 0 Å². The Hall–Kier alpha value is -1.81. The number of aryl methyl sites for hydroxylation is 1. The van der Waals surface area contributed by atoms with E-state index in [1.54, 1.807) is 0 Å². The van der Waals surface area contributed by atoms with Gasteiger partial charge in [-0.15, -0.1) is 0 Å². The molecule has 0 radical (unpaired) electrons. The van der Waals surface area contributed by atoms with Crippen molar-refractivity contribution in [3.63, 3.8) is 0 Å². The maximum atomic E-state index is 5.96. The highest BCUT2D eigenvalue weighted by Gasteiger charge is 2.12. The van der Waals surface area contributed by atoms with E-state index < -0.39 is 0 Å². The van der Waals surface area contributed by atoms with E-state index in [0.29, 0.717) is 12.6 Å². The summed E-state index contributed by atoms with van der Waals surface area (Å²) in [4.78, 5) is 4.21. The van der Waals surface area contributed by atoms with Gasteiger partial charge in [0.05, 0.1) is 6.54 Å². The van der Waals surface area contributed by atoms with Gasteiger partial charge in [-0.3, -0.25) is 0 Å². The first-order valence-electron chi connectivity index (χ1n) is 7.13. The molecule has 0 amide bonds. The van der Waals surface area contributed by atoms with E-state index in [1.807, 2.05) is 38.5 Å². The molecule has 1 heterocycles. The third-order valence-electron chi connectivity index (χ3n) is 3.56. The summed E-state index contributed by atoms with van der Waals surface area (Å²) in [7, 11) is 1.99. The van der Waals surface area contributed by atoms with Gasteiger partial charge in [0, 0.05) is 24.0 Å². The molecule has 20 heavy (non-hydrogen) atoms. The fourth-order valence-corrected chi connectivity index (χ4v) is 2.37. The summed E-state index contributed by atoms with van der Waals surface area (Å²) < 4.78 is 8.06. The lowest BCUT2D eigenvalue weighted by Gasteiger charge is -2.19. The minimum Gasteiger partial charge on any atom is -0.491 e. The van der Waals surface area contributed by atoms with E-state index in [2.05, 4.69) is 33.9 Å². The molecule has 0 spiro atoms. The number of aromatic nitrogens is 2. The van der Waals surface area contributed by atoms with Crippen LogP contribution < -0.4 is 10.1 Å². The molecule has 1 aromatic carbocycles. The molecule has 0 aliphatic carbocycles. The molecule has 0 bridgehead atoms. The van der Waals surface area contributed by atoms with Gasteiger partial charge in [-0.25, -0.2) is 4.98 Å². The Morgan fingerprint density at radius 1 is 1.35 bits per heavy atom. The van der Waals surface area contributed by atoms with Gasteiger partial charge >= 0.3 is 0 Å². The summed E-state index contributed by atoms with van der Waals surface area (Å²) in [6.07, 6.45) is 4.84. The Bertz CT molecular complexity index is 532. The van der Waals surface area contributed by atoms with Crippen LogP contribution in [0.2, 0.25) is 0 Å². The number of rotatable bonds is 7. The van der Waals surface area contributed by atoms with Crippen molar-refractivity contribution >= 4 is 0 Å². The second-order valence-corrected chi connectivity index (χ2v) is 4.80. The largest absolute Gasteiger partial charge is 0.491 e. The first kappa shape index (κ1) is 14.6. The van der Waals surface area contributed by atoms with Gasteiger partial charge in [-0.05, 0) is 26.5 Å². The van der Waals surface area contributed by atoms with Crippen molar-refractivity contribution in [2.45, 2.75) is 32.9 Å². The standard InChI is InChI=1S/C16H23N3O/c1-4-15(17-3)14-7-5-6-8-16(14)20-12-11-19-10-9-18-13(19)2/h5-10,15,17H,4,11-12H2,1-3H3. The number of benzene rings is 1. The van der Waals surface area contributed by atoms with Crippen LogP contribution in [-0.2, 0) is 6.54 Å². The molecule has 1 aromatic heterocycles. The van der Waals surface area contributed by atoms with Gasteiger partial charge in [-0.1, -0.05) is 25.1 Å². The summed E-state index contributed by atoms with van der Waals surface area (Å²) in [5.74, 6) is 1.98. The predicted molar refractivity (Wildman–Crippen MR) is 81.0 cm³/mol. The van der Waals surface area contributed by atoms with Gasteiger partial charge in [0.15, 0.2) is 0 Å². The average molecular weight is 273 g/mol. The van der Waals surface area contributed by atoms with Crippen molar-refractivity contribution in [3.05, 3.63) is 48.0 Å². The van der Waals surface area contributed by atoms with Crippen LogP contribution in [0.15, 0.2) is 36.7 Å². The molecule has 4 nitrogen and oxygen atoms in total. The van der Waals surface area contributed by atoms with Gasteiger partial charge in [0.25, 0.3) is 0 Å². The lowest BCUT2D eigenvalue weighted by Crippen LogP contribution is -2.17. The Balaban J connectivity index is 2.00. The Kier molecular flexibility index (Phi) is 5.18. The van der Waals surface area contributed by atoms with Crippen LogP contribution in [0.1, 0.15) is 30.8 Å². The second kappa shape index (κ2) is 7.10. The molecule has 1 atom stereocenters. The first-order chi connectivity index (χ1) is 9.76. The normalized spacial score (nSPS) is 12.3. The molecule has 0 saturated heterocycles. The molecule has 4 heteroatoms. The quantitative estimate of drug-likeness (QED) is 0.843. The third-order valence-corrected chi connectivity index (χ3v) is 3.56. The fraction of sp³-hybridized carbons (Fsp3) is 0.438. The number of nitrogens with one attached hydrogen (secondary N) is 1. The molecule has 2 rings (SSSR count). The minimum absolute atomic E-state index is 0.334. The first-order valence-corrected chi connectivity index (χ1v) is 7.13. The monoisotopic (exact) mass is 273 g/mol. The zero-order chi connectivity index (χ0) is 14.4. The van der Waals surface area contributed by atoms with Crippen LogP contribution in [0.5, 0.6) is 5.75 Å². The van der Waals surface area contributed by atoms with Gasteiger partial charge in [0.1, 0.15) is 18.2 Å². The van der Waals surface area contributed by atoms with Gasteiger partial charge in [-0.2, -0.15) is 0 Å². The topological polar surface area (TPSA) is 39.1 Å². The smallest absolute Gasteiger partial charge is 0.124 e. The highest BCUT2D eigenvalue weighted by molar-refractivity contribution is 5.35. The van der Waals surface area contributed by atoms with Crippen molar-refractivity contribution in [3.8, 4) is 5.75 Å². The van der Waals surface area contributed by atoms with Crippen LogP contribution in [0, 0.1) is 6.92 Å². The van der Waals surface area contributed by atoms with E-state index >= 15 is 0 Å². The molecule has 0 fully saturated rings. The molecule has 1 unspecified atom stereocenters. The average Bonchev–Trinajstić information content (AvgIpc) is 2.87. The third kappa shape index (κ3) is 3.39. The number of imidazole rings is 1. The molecular formula is C16H23N3O. The maximum absolute atomic E-state index is 5.96. The predicted octanol–water partition coefficient (Wildman–Crippen LogP) is 2.94. The lowest BCUT2D eigenvalue weighted by atomic mass is 10.0. The Morgan fingerprint density at radius 2 is 2.15 bits per heavy atom. The minimum atomic E-state index is 0.334. The summed E-state index contributed by atoms with van der Waals surface area (Å²) in [5, 5.41) is 3.33. The molecule has 1 N–H and O–H groups in total. The van der Waals surface area contributed by atoms with E-state index in [0.717, 1.165) is 24.5 Å². The molecule has 0 aliphatic heterocycles. The van der Waals surface area contributed by atoms with Crippen LogP contribution in [0.25, 0.3) is 0 Å². The van der Waals surface area contributed by atoms with E-state index in [1.165, 1.54) is 5.56 Å². The fourth-order valence-electron chi connectivity index (χ4n) is 2.37. The molecule has 108 valence electrons. The zero-order valence-electron chi connectivity index (χ0n) is 12.5. The summed E-state index contributed by atoms with van der Waals surface area (Å²) in [6.45, 7) is 5.64. The summed E-state index contributed by atoms with van der Waals surface area (Å²) in [6, 6.07) is 8.57. The maximum Gasteiger partial charge on any atom is 0.124 e. The zero-order valence-corrected chi connectivity index (χ0v) is 12.5. The van der Waals surface area contributed by atoms with Gasteiger partial charge < -0.3 is 14.6 Å². The van der Waals surface area contributed by atoms with Crippen LogP contribution >= 0.6 is 0 Å². The van der Waals surface area contributed by atoms with E-state index in [4.69, 9.17) is 4.74 Å². The van der Waals surface area contributed by atoms with Crippen LogP contribution in [0.4, 0.5) is 0 Å². The number of hydrogen-bond acceptors (Lipinski definition) is 3. The second-order valence-electron chi connectivity index (χ2n) is 4.80. The number of hydrogen-bond donors (Lipinski definition) is 1. The Morgan fingerprint density at radius 3 is 2.80 bits per heavy atom. The van der Waals surface area contributed by atoms with Gasteiger partial charge in [0.2, 0.25) is 0 Å². The molecule has 2 aromatic rings. The number of para-hydroxylation sites is 1. The molecular weight excluding hydrogens is 250 g/mol. The number of nitrogens with zero attached hydrogens (tertiary/aromatic N) is 2. The highest BCUT2D eigenvalue weighted by Crippen LogP contribution is 2.26. The van der Waals surface area contributed by atoms with Crippen molar-refractivity contribution in [1.82, 2.24) is 14.9 Å². The number of ether oxygens (including phenoxy) is 1. The lowest BCUT2D eigenvalue weighted by molar-refractivity contribution is 0.291. The van der Waals surface area contributed by atoms with Crippen LogP contribution in [-0.4, -0.2) is 23.2 Å². The highest BCUT2D eigenvalue weighted by atomic mass is 16.5. The summed E-state index contributed by atoms with van der Waals surface area (Å²) in [5.41, 5.74) is 1.22. The van der Waals surface area contributed by atoms with E-state index in [9.17, 15) is 0 Å². The Labute approximate surface area is 120 Å². The van der Waals surface area contributed by atoms with Crippen molar-refractivity contribution in [2.24, 2.45) is 0 Å². The van der Waals surface area contributed by atoms with Crippen molar-refractivity contribution in [2.75, 3.05) is 13.7 Å².